The van der Waals surface area contributed by atoms with Gasteiger partial charge >= 0.3 is 0 Å². The second-order valence-corrected chi connectivity index (χ2v) is 5.12. The number of rotatable bonds is 4. The number of aryl methyl sites for hydroxylation is 1. The molecule has 2 N–H and O–H groups in total. The molecule has 3 aromatic heterocycles. The Labute approximate surface area is 148 Å². The molecule has 121 valence electrons. The Balaban J connectivity index is 0.00000192. The molecular formula is C15H18N7Re-. The van der Waals surface area contributed by atoms with Crippen molar-refractivity contribution < 1.29 is 20.4 Å². The zero-order chi connectivity index (χ0) is 15.7. The fraction of sp³-hybridized carbons (Fsp3) is 0.333. The standard InChI is InChI=1S/C15H18N7.Re/c1-4-22(9(2)11-6-5-7-17-13(11)16)15-12-8-18-21-14(12)19-10(3)20-15;/h5-9H,4H2,1-3H3,(H2-,16,17,18,19,20,21);/q-1;. The number of pyridine rings is 1. The number of nitrogen functional groups attached to an aromatic ring is 1. The first kappa shape index (κ1) is 17.3. The van der Waals surface area contributed by atoms with E-state index in [1.54, 1.807) is 12.4 Å². The van der Waals surface area contributed by atoms with Crippen LogP contribution in [0.25, 0.3) is 11.0 Å². The van der Waals surface area contributed by atoms with Crippen LogP contribution in [-0.2, 0) is 20.4 Å². The molecule has 0 aliphatic carbocycles. The summed E-state index contributed by atoms with van der Waals surface area (Å²) in [7, 11) is 0. The second-order valence-electron chi connectivity index (χ2n) is 5.12. The van der Waals surface area contributed by atoms with Crippen molar-refractivity contribution >= 4 is 22.7 Å². The van der Waals surface area contributed by atoms with E-state index >= 15 is 0 Å². The average Bonchev–Trinajstić information content (AvgIpc) is 2.96. The van der Waals surface area contributed by atoms with E-state index in [-0.39, 0.29) is 26.5 Å². The smallest absolute Gasteiger partial charge is 0.137 e. The molecule has 8 heteroatoms. The van der Waals surface area contributed by atoms with Gasteiger partial charge in [0.25, 0.3) is 0 Å². The van der Waals surface area contributed by atoms with Crippen LogP contribution in [0.15, 0.2) is 24.5 Å². The Morgan fingerprint density at radius 2 is 2.13 bits per heavy atom. The van der Waals surface area contributed by atoms with Gasteiger partial charge in [-0.1, -0.05) is 6.07 Å². The number of anilines is 2. The van der Waals surface area contributed by atoms with Gasteiger partial charge in [-0.3, -0.25) is 5.10 Å². The van der Waals surface area contributed by atoms with Gasteiger partial charge in [0, 0.05) is 56.1 Å². The zero-order valence-electron chi connectivity index (χ0n) is 13.2. The van der Waals surface area contributed by atoms with Gasteiger partial charge < -0.3 is 20.7 Å². The molecule has 7 nitrogen and oxygen atoms in total. The predicted octanol–water partition coefficient (Wildman–Crippen LogP) is 1.85. The molecule has 1 unspecified atom stereocenters. The molecule has 3 aromatic rings. The number of hydrogen-bond acceptors (Lipinski definition) is 6. The Morgan fingerprint density at radius 1 is 1.35 bits per heavy atom. The Bertz CT molecular complexity index is 801. The van der Waals surface area contributed by atoms with Gasteiger partial charge in [0.05, 0.1) is 6.04 Å². The molecule has 3 heterocycles. The van der Waals surface area contributed by atoms with E-state index in [0.717, 1.165) is 23.3 Å². The summed E-state index contributed by atoms with van der Waals surface area (Å²) in [6.45, 7) is 6.79. The van der Waals surface area contributed by atoms with E-state index in [0.29, 0.717) is 17.3 Å². The number of hydrogen-bond donors (Lipinski definition) is 1. The predicted molar refractivity (Wildman–Crippen MR) is 85.5 cm³/mol. The van der Waals surface area contributed by atoms with Crippen molar-refractivity contribution in [2.75, 3.05) is 17.2 Å². The Hall–Kier alpha value is -2.04. The van der Waals surface area contributed by atoms with Crippen LogP contribution in [-0.4, -0.2) is 26.6 Å². The van der Waals surface area contributed by atoms with Crippen LogP contribution in [0.3, 0.4) is 0 Å². The fourth-order valence-electron chi connectivity index (χ4n) is 2.66. The maximum absolute atomic E-state index is 6.02. The molecular weight excluding hydrogens is 464 g/mol. The van der Waals surface area contributed by atoms with Crippen LogP contribution < -0.4 is 15.7 Å². The maximum atomic E-state index is 6.02. The van der Waals surface area contributed by atoms with Gasteiger partial charge in [-0.25, -0.2) is 9.97 Å². The number of fused-ring (bicyclic) bond motifs is 1. The molecule has 3 rings (SSSR count). The summed E-state index contributed by atoms with van der Waals surface area (Å²) in [5.41, 5.74) is 7.61. The Morgan fingerprint density at radius 3 is 2.83 bits per heavy atom. The number of nitrogens with zero attached hydrogens (tertiary/aromatic N) is 6. The van der Waals surface area contributed by atoms with Crippen molar-refractivity contribution in [2.24, 2.45) is 0 Å². The maximum Gasteiger partial charge on any atom is 0.137 e. The monoisotopic (exact) mass is 483 g/mol. The molecule has 1 atom stereocenters. The summed E-state index contributed by atoms with van der Waals surface area (Å²) >= 11 is 0. The minimum Gasteiger partial charge on any atom is -0.422 e. The van der Waals surface area contributed by atoms with Crippen LogP contribution in [0, 0.1) is 6.92 Å². The third kappa shape index (κ3) is 3.19. The van der Waals surface area contributed by atoms with E-state index < -0.39 is 0 Å². The number of aromatic nitrogens is 5. The van der Waals surface area contributed by atoms with Gasteiger partial charge in [0.15, 0.2) is 0 Å². The summed E-state index contributed by atoms with van der Waals surface area (Å²) in [6, 6.07) is 3.91. The normalized spacial score (nSPS) is 12.0. The van der Waals surface area contributed by atoms with E-state index in [4.69, 9.17) is 5.73 Å². The van der Waals surface area contributed by atoms with Crippen LogP contribution in [0.5, 0.6) is 0 Å². The van der Waals surface area contributed by atoms with E-state index in [1.807, 2.05) is 19.1 Å². The third-order valence-electron chi connectivity index (χ3n) is 3.76. The quantitative estimate of drug-likeness (QED) is 0.607. The van der Waals surface area contributed by atoms with E-state index in [9.17, 15) is 0 Å². The summed E-state index contributed by atoms with van der Waals surface area (Å²) in [4.78, 5) is 15.2. The molecule has 1 radical (unpaired) electrons. The van der Waals surface area contributed by atoms with Crippen molar-refractivity contribution in [1.29, 1.82) is 0 Å². The fourth-order valence-corrected chi connectivity index (χ4v) is 2.66. The summed E-state index contributed by atoms with van der Waals surface area (Å²) in [5.74, 6) is 2.03. The Kier molecular flexibility index (Phi) is 5.29. The van der Waals surface area contributed by atoms with Crippen molar-refractivity contribution in [1.82, 2.24) is 25.1 Å². The van der Waals surface area contributed by atoms with Crippen LogP contribution in [0.2, 0.25) is 0 Å². The van der Waals surface area contributed by atoms with Crippen molar-refractivity contribution in [3.05, 3.63) is 35.9 Å². The van der Waals surface area contributed by atoms with E-state index in [2.05, 4.69) is 43.9 Å². The van der Waals surface area contributed by atoms with Gasteiger partial charge in [-0.05, 0) is 32.5 Å². The van der Waals surface area contributed by atoms with Crippen molar-refractivity contribution in [2.45, 2.75) is 26.8 Å². The van der Waals surface area contributed by atoms with Crippen LogP contribution >= 0.6 is 0 Å². The molecule has 0 saturated carbocycles. The molecule has 0 amide bonds. The summed E-state index contributed by atoms with van der Waals surface area (Å²) < 4.78 is 0. The number of nitrogens with two attached hydrogens (primary N) is 1. The first-order valence-electron chi connectivity index (χ1n) is 7.21. The molecule has 0 saturated heterocycles. The third-order valence-corrected chi connectivity index (χ3v) is 3.76. The largest absolute Gasteiger partial charge is 0.422 e. The first-order chi connectivity index (χ1) is 10.6. The summed E-state index contributed by atoms with van der Waals surface area (Å²) in [5, 5.41) is 8.84. The van der Waals surface area contributed by atoms with Gasteiger partial charge in [0.1, 0.15) is 11.6 Å². The average molecular weight is 483 g/mol. The summed E-state index contributed by atoms with van der Waals surface area (Å²) in [6.07, 6.45) is 3.39. The molecule has 0 bridgehead atoms. The second kappa shape index (κ2) is 7.03. The van der Waals surface area contributed by atoms with Crippen LogP contribution in [0.1, 0.15) is 31.3 Å². The van der Waals surface area contributed by atoms with Crippen LogP contribution in [0.4, 0.5) is 11.6 Å². The van der Waals surface area contributed by atoms with Crippen molar-refractivity contribution in [3.63, 3.8) is 0 Å². The molecule has 0 aromatic carbocycles. The minimum absolute atomic E-state index is 0. The molecule has 23 heavy (non-hydrogen) atoms. The molecule has 0 spiro atoms. The molecule has 0 aliphatic heterocycles. The molecule has 0 aliphatic rings. The molecule has 0 fully saturated rings. The first-order valence-corrected chi connectivity index (χ1v) is 7.21. The van der Waals surface area contributed by atoms with Gasteiger partial charge in [-0.15, -0.1) is 0 Å². The topological polar surface area (TPSA) is 94.9 Å². The van der Waals surface area contributed by atoms with Gasteiger partial charge in [-0.2, -0.15) is 0 Å². The van der Waals surface area contributed by atoms with E-state index in [1.165, 1.54) is 0 Å². The zero-order valence-corrected chi connectivity index (χ0v) is 15.9. The minimum atomic E-state index is 0. The SMILES string of the molecule is CCN(c1nc(C)nc2[n-]ncc12)C(C)c1cccnc1N.[Re]. The van der Waals surface area contributed by atoms with Crippen molar-refractivity contribution in [3.8, 4) is 0 Å². The van der Waals surface area contributed by atoms with Gasteiger partial charge in [0.2, 0.25) is 0 Å².